The molecule has 0 fully saturated rings. The summed E-state index contributed by atoms with van der Waals surface area (Å²) in [7, 11) is 0. The van der Waals surface area contributed by atoms with Crippen LogP contribution in [-0.2, 0) is 0 Å². The molecule has 2 nitrogen and oxygen atoms in total. The zero-order valence-corrected chi connectivity index (χ0v) is 7.19. The molecular formula is C6H3BrClNO. The first-order valence-electron chi connectivity index (χ1n) is 2.52. The minimum Gasteiger partial charge on any atom is -0.145 e. The first-order valence-corrected chi connectivity index (χ1v) is 3.69. The van der Waals surface area contributed by atoms with Crippen molar-refractivity contribution in [1.82, 2.24) is 0 Å². The average molecular weight is 220 g/mol. The van der Waals surface area contributed by atoms with Gasteiger partial charge in [0.1, 0.15) is 5.69 Å². The molecule has 0 aliphatic carbocycles. The summed E-state index contributed by atoms with van der Waals surface area (Å²) in [5, 5.41) is 3.26. The minimum absolute atomic E-state index is 0.326. The zero-order valence-electron chi connectivity index (χ0n) is 4.84. The van der Waals surface area contributed by atoms with Crippen molar-refractivity contribution in [2.75, 3.05) is 0 Å². The van der Waals surface area contributed by atoms with Crippen molar-refractivity contribution in [3.63, 3.8) is 0 Å². The second kappa shape index (κ2) is 3.12. The second-order valence-electron chi connectivity index (χ2n) is 1.69. The Bertz CT molecular complexity index is 264. The highest BCUT2D eigenvalue weighted by molar-refractivity contribution is 9.10. The third-order valence-corrected chi connectivity index (χ3v) is 1.91. The summed E-state index contributed by atoms with van der Waals surface area (Å²) < 4.78 is 0.659. The van der Waals surface area contributed by atoms with Crippen LogP contribution in [0.5, 0.6) is 0 Å². The highest BCUT2D eigenvalue weighted by Gasteiger charge is 1.98. The fourth-order valence-electron chi connectivity index (χ4n) is 0.556. The van der Waals surface area contributed by atoms with Crippen molar-refractivity contribution in [1.29, 1.82) is 0 Å². The van der Waals surface area contributed by atoms with Crippen molar-refractivity contribution in [3.05, 3.63) is 32.6 Å². The molecule has 0 radical (unpaired) electrons. The van der Waals surface area contributed by atoms with Crippen LogP contribution >= 0.6 is 27.5 Å². The van der Waals surface area contributed by atoms with E-state index in [4.69, 9.17) is 11.6 Å². The summed E-state index contributed by atoms with van der Waals surface area (Å²) >= 11 is 8.71. The zero-order chi connectivity index (χ0) is 7.56. The Morgan fingerprint density at radius 3 is 2.70 bits per heavy atom. The topological polar surface area (TPSA) is 29.4 Å². The molecule has 0 unspecified atom stereocenters. The molecule has 52 valence electrons. The lowest BCUT2D eigenvalue weighted by atomic mass is 10.3. The third-order valence-electron chi connectivity index (χ3n) is 1.01. The fourth-order valence-corrected chi connectivity index (χ4v) is 1.04. The van der Waals surface area contributed by atoms with E-state index >= 15 is 0 Å². The van der Waals surface area contributed by atoms with Crippen LogP contribution in [-0.4, -0.2) is 0 Å². The highest BCUT2D eigenvalue weighted by atomic mass is 79.9. The maximum atomic E-state index is 10.0. The van der Waals surface area contributed by atoms with Crippen LogP contribution < -0.4 is 0 Å². The van der Waals surface area contributed by atoms with Crippen molar-refractivity contribution >= 4 is 33.2 Å². The maximum absolute atomic E-state index is 10.0. The quantitative estimate of drug-likeness (QED) is 0.666. The van der Waals surface area contributed by atoms with Gasteiger partial charge in [-0.15, -0.1) is 4.91 Å². The molecule has 0 spiro atoms. The molecule has 0 N–H and O–H groups in total. The summed E-state index contributed by atoms with van der Waals surface area (Å²) in [4.78, 5) is 10.0. The number of rotatable bonds is 1. The molecule has 1 rings (SSSR count). The van der Waals surface area contributed by atoms with Gasteiger partial charge >= 0.3 is 0 Å². The van der Waals surface area contributed by atoms with Gasteiger partial charge < -0.3 is 0 Å². The molecular weight excluding hydrogens is 217 g/mol. The largest absolute Gasteiger partial charge is 0.145 e. The monoisotopic (exact) mass is 219 g/mol. The molecule has 0 heterocycles. The summed E-state index contributed by atoms with van der Waals surface area (Å²) in [5.41, 5.74) is 0.326. The van der Waals surface area contributed by atoms with Crippen molar-refractivity contribution in [2.45, 2.75) is 0 Å². The summed E-state index contributed by atoms with van der Waals surface area (Å²) in [5.74, 6) is 0. The van der Waals surface area contributed by atoms with Crippen LogP contribution in [0, 0.1) is 4.91 Å². The van der Waals surface area contributed by atoms with Gasteiger partial charge in [0, 0.05) is 9.50 Å². The first-order chi connectivity index (χ1) is 4.74. The molecule has 10 heavy (non-hydrogen) atoms. The number of nitroso groups, excluding NO2 is 1. The van der Waals surface area contributed by atoms with Crippen LogP contribution in [0.25, 0.3) is 0 Å². The Morgan fingerprint density at radius 2 is 2.20 bits per heavy atom. The first kappa shape index (κ1) is 7.69. The van der Waals surface area contributed by atoms with Crippen molar-refractivity contribution in [3.8, 4) is 0 Å². The molecule has 0 atom stereocenters. The van der Waals surface area contributed by atoms with E-state index in [-0.39, 0.29) is 0 Å². The van der Waals surface area contributed by atoms with Crippen molar-refractivity contribution in [2.24, 2.45) is 5.18 Å². The Hall–Kier alpha value is -0.410. The van der Waals surface area contributed by atoms with E-state index in [9.17, 15) is 4.91 Å². The normalized spacial score (nSPS) is 9.40. The number of hydrogen-bond acceptors (Lipinski definition) is 2. The van der Waals surface area contributed by atoms with Gasteiger partial charge in [0.15, 0.2) is 0 Å². The molecule has 0 aromatic heterocycles. The van der Waals surface area contributed by atoms with Gasteiger partial charge in [0.25, 0.3) is 0 Å². The van der Waals surface area contributed by atoms with Crippen LogP contribution in [0.3, 0.4) is 0 Å². The van der Waals surface area contributed by atoms with E-state index in [1.165, 1.54) is 6.07 Å². The van der Waals surface area contributed by atoms with E-state index in [0.29, 0.717) is 15.2 Å². The molecule has 0 saturated heterocycles. The smallest absolute Gasteiger partial charge is 0.123 e. The summed E-state index contributed by atoms with van der Waals surface area (Å²) in [6, 6.07) is 4.86. The second-order valence-corrected chi connectivity index (χ2v) is 2.98. The fraction of sp³-hybridized carbons (Fsp3) is 0. The molecule has 1 aromatic carbocycles. The van der Waals surface area contributed by atoms with E-state index < -0.39 is 0 Å². The van der Waals surface area contributed by atoms with Gasteiger partial charge in [-0.05, 0) is 39.3 Å². The lowest BCUT2D eigenvalue weighted by Crippen LogP contribution is -1.66. The predicted molar refractivity (Wildman–Crippen MR) is 44.6 cm³/mol. The number of halogens is 2. The maximum Gasteiger partial charge on any atom is 0.123 e. The van der Waals surface area contributed by atoms with Gasteiger partial charge in [-0.2, -0.15) is 0 Å². The standard InChI is InChI=1S/C6H3BrClNO/c7-5-2-1-4(8)3-6(5)9-10/h1-3H. The minimum atomic E-state index is 0.326. The van der Waals surface area contributed by atoms with Crippen LogP contribution in [0.2, 0.25) is 5.02 Å². The average Bonchev–Trinajstić information content (AvgIpc) is 1.94. The predicted octanol–water partition coefficient (Wildman–Crippen LogP) is 3.50. The molecule has 0 bridgehead atoms. The Morgan fingerprint density at radius 1 is 1.50 bits per heavy atom. The van der Waals surface area contributed by atoms with Gasteiger partial charge in [-0.25, -0.2) is 0 Å². The highest BCUT2D eigenvalue weighted by Crippen LogP contribution is 2.27. The molecule has 0 saturated carbocycles. The SMILES string of the molecule is O=Nc1cc(Cl)ccc1Br. The van der Waals surface area contributed by atoms with Crippen LogP contribution in [0.1, 0.15) is 0 Å². The summed E-state index contributed by atoms with van der Waals surface area (Å²) in [6.07, 6.45) is 0. The van der Waals surface area contributed by atoms with E-state index in [1.54, 1.807) is 12.1 Å². The van der Waals surface area contributed by atoms with Gasteiger partial charge in [-0.3, -0.25) is 0 Å². The summed E-state index contributed by atoms with van der Waals surface area (Å²) in [6.45, 7) is 0. The Labute approximate surface area is 71.3 Å². The lowest BCUT2D eigenvalue weighted by Gasteiger charge is -1.92. The number of benzene rings is 1. The Kier molecular flexibility index (Phi) is 2.40. The number of nitrogens with zero attached hydrogens (tertiary/aromatic N) is 1. The molecule has 0 aliphatic heterocycles. The Balaban J connectivity index is 3.21. The van der Waals surface area contributed by atoms with Gasteiger partial charge in [0.2, 0.25) is 0 Å². The van der Waals surface area contributed by atoms with Gasteiger partial charge in [-0.1, -0.05) is 11.6 Å². The van der Waals surface area contributed by atoms with E-state index in [0.717, 1.165) is 0 Å². The molecule has 1 aromatic rings. The van der Waals surface area contributed by atoms with Crippen LogP contribution in [0.15, 0.2) is 27.8 Å². The molecule has 4 heteroatoms. The van der Waals surface area contributed by atoms with E-state index in [2.05, 4.69) is 21.1 Å². The molecule has 0 amide bonds. The van der Waals surface area contributed by atoms with E-state index in [1.807, 2.05) is 0 Å². The third kappa shape index (κ3) is 1.55. The lowest BCUT2D eigenvalue weighted by molar-refractivity contribution is 1.47. The molecule has 0 aliphatic rings. The van der Waals surface area contributed by atoms with Crippen molar-refractivity contribution < 1.29 is 0 Å². The number of hydrogen-bond donors (Lipinski definition) is 0. The van der Waals surface area contributed by atoms with Crippen LogP contribution in [0.4, 0.5) is 5.69 Å². The van der Waals surface area contributed by atoms with Gasteiger partial charge in [0.05, 0.1) is 0 Å².